The maximum Gasteiger partial charge on any atom is 2.00 e. The van der Waals surface area contributed by atoms with Crippen LogP contribution in [0.5, 0.6) is 0 Å². The van der Waals surface area contributed by atoms with Crippen molar-refractivity contribution in [2.45, 2.75) is 5.09 Å². The molecule has 0 saturated heterocycles. The number of halogens is 4. The van der Waals surface area contributed by atoms with E-state index in [-0.39, 0.29) is 25.9 Å². The third-order valence-electron chi connectivity index (χ3n) is 0. The van der Waals surface area contributed by atoms with E-state index in [1.165, 1.54) is 15.9 Å². The van der Waals surface area contributed by atoms with Crippen molar-refractivity contribution in [1.29, 1.82) is 0 Å². The van der Waals surface area contributed by atoms with Gasteiger partial charge in [0, 0.05) is 15.9 Å². The fourth-order valence-corrected chi connectivity index (χ4v) is 0. The van der Waals surface area contributed by atoms with Crippen LogP contribution in [-0.2, 0) is 0 Å². The summed E-state index contributed by atoms with van der Waals surface area (Å²) in [5.74, 6) is 0. The molecule has 0 N–H and O–H groups in total. The van der Waals surface area contributed by atoms with Crippen LogP contribution in [0.1, 0.15) is 2.85 Å². The van der Waals surface area contributed by atoms with Gasteiger partial charge in [-0.25, -0.2) is 0 Å². The largest absolute Gasteiger partial charge is 2.00 e. The zero-order valence-corrected chi connectivity index (χ0v) is 5.72. The summed E-state index contributed by atoms with van der Waals surface area (Å²) in [7, 11) is 0. The Labute approximate surface area is 60.3 Å². The van der Waals surface area contributed by atoms with E-state index in [1.54, 1.807) is 0 Å². The van der Waals surface area contributed by atoms with Crippen LogP contribution < -0.4 is 0 Å². The van der Waals surface area contributed by atoms with Gasteiger partial charge in [0.1, 0.15) is 0 Å². The summed E-state index contributed by atoms with van der Waals surface area (Å²) in [6, 6.07) is 0. The van der Waals surface area contributed by atoms with Crippen molar-refractivity contribution in [3.05, 3.63) is 0 Å². The Bertz CT molecular complexity index is 32.8. The van der Waals surface area contributed by atoms with E-state index in [1.807, 2.05) is 0 Å². The van der Waals surface area contributed by atoms with Crippen LogP contribution in [0.15, 0.2) is 0 Å². The molecule has 0 unspecified atom stereocenters. The molecule has 0 aromatic heterocycles. The quantitative estimate of drug-likeness (QED) is 0.388. The molecule has 0 spiro atoms. The molecular formula is CH2BrF3Mg. The summed E-state index contributed by atoms with van der Waals surface area (Å²) in [4.78, 5) is 0. The Hall–Kier alpha value is 1.04. The average molecular weight is 175 g/mol. The summed E-state index contributed by atoms with van der Waals surface area (Å²) in [6.45, 7) is 0. The molecule has 0 aliphatic rings. The maximum absolute atomic E-state index is 10.3. The topological polar surface area (TPSA) is 0 Å². The number of hydrogen-bond acceptors (Lipinski definition) is 0. The SMILES string of the molecule is FC(F)(F)Br.[H-].[H-].[Mg+2]. The molecule has 0 fully saturated rings. The summed E-state index contributed by atoms with van der Waals surface area (Å²) in [5.41, 5.74) is 0. The fourth-order valence-electron chi connectivity index (χ4n) is 0. The van der Waals surface area contributed by atoms with Crippen molar-refractivity contribution in [2.75, 3.05) is 0 Å². The molecule has 0 aromatic rings. The molecule has 5 heteroatoms. The van der Waals surface area contributed by atoms with Gasteiger partial charge >= 0.3 is 28.1 Å². The standard InChI is InChI=1S/CBrF3.Mg.2H/c2-1(3,4)5;;;/q;+2;2*-1. The molecule has 0 radical (unpaired) electrons. The minimum atomic E-state index is -4.19. The molecule has 0 rings (SSSR count). The molecule has 0 heterocycles. The van der Waals surface area contributed by atoms with Gasteiger partial charge in [0.15, 0.2) is 0 Å². The Morgan fingerprint density at radius 3 is 1.33 bits per heavy atom. The summed E-state index contributed by atoms with van der Waals surface area (Å²) in [6.07, 6.45) is 0. The Morgan fingerprint density at radius 1 is 1.33 bits per heavy atom. The van der Waals surface area contributed by atoms with Crippen LogP contribution >= 0.6 is 15.9 Å². The smallest absolute Gasteiger partial charge is 1.00 e. The van der Waals surface area contributed by atoms with Crippen molar-refractivity contribution in [3.63, 3.8) is 0 Å². The first-order valence-electron chi connectivity index (χ1n) is 0.756. The van der Waals surface area contributed by atoms with E-state index in [4.69, 9.17) is 0 Å². The van der Waals surface area contributed by atoms with Crippen molar-refractivity contribution in [1.82, 2.24) is 0 Å². The first-order chi connectivity index (χ1) is 2.00. The van der Waals surface area contributed by atoms with Gasteiger partial charge in [-0.3, -0.25) is 0 Å². The van der Waals surface area contributed by atoms with Gasteiger partial charge < -0.3 is 2.85 Å². The first kappa shape index (κ1) is 10.1. The first-order valence-corrected chi connectivity index (χ1v) is 1.55. The molecule has 0 aliphatic carbocycles. The van der Waals surface area contributed by atoms with Crippen molar-refractivity contribution >= 4 is 39.0 Å². The summed E-state index contributed by atoms with van der Waals surface area (Å²) >= 11 is 1.38. The summed E-state index contributed by atoms with van der Waals surface area (Å²) < 4.78 is 30.8. The second-order valence-corrected chi connectivity index (χ2v) is 1.33. The molecule has 0 amide bonds. The molecule has 0 atom stereocenters. The van der Waals surface area contributed by atoms with Gasteiger partial charge in [-0.05, 0) is 0 Å². The van der Waals surface area contributed by atoms with Crippen LogP contribution in [0.25, 0.3) is 0 Å². The molecule has 0 aliphatic heterocycles. The van der Waals surface area contributed by atoms with E-state index in [2.05, 4.69) is 0 Å². The van der Waals surface area contributed by atoms with Crippen molar-refractivity contribution in [2.24, 2.45) is 0 Å². The zero-order valence-electron chi connectivity index (χ0n) is 4.72. The van der Waals surface area contributed by atoms with Crippen LogP contribution in [0.2, 0.25) is 0 Å². The number of rotatable bonds is 0. The number of alkyl halides is 4. The average Bonchev–Trinajstić information content (AvgIpc) is 0.722. The Kier molecular flexibility index (Phi) is 5.21. The van der Waals surface area contributed by atoms with E-state index < -0.39 is 5.09 Å². The third-order valence-corrected chi connectivity index (χ3v) is 0. The molecule has 36 valence electrons. The molecule has 6 heavy (non-hydrogen) atoms. The van der Waals surface area contributed by atoms with Gasteiger partial charge in [-0.1, -0.05) is 0 Å². The molecule has 0 saturated carbocycles. The van der Waals surface area contributed by atoms with Gasteiger partial charge in [-0.15, -0.1) is 0 Å². The normalized spacial score (nSPS) is 10.0. The van der Waals surface area contributed by atoms with Crippen molar-refractivity contribution in [3.8, 4) is 0 Å². The minimum absolute atomic E-state index is 0. The van der Waals surface area contributed by atoms with Crippen LogP contribution in [0, 0.1) is 0 Å². The zero-order chi connectivity index (χ0) is 4.50. The summed E-state index contributed by atoms with van der Waals surface area (Å²) in [5, 5.41) is -4.19. The predicted molar refractivity (Wildman–Crippen MR) is 23.0 cm³/mol. The number of hydrogen-bond donors (Lipinski definition) is 0. The van der Waals surface area contributed by atoms with E-state index in [0.29, 0.717) is 0 Å². The third kappa shape index (κ3) is 76.4. The van der Waals surface area contributed by atoms with E-state index in [9.17, 15) is 13.2 Å². The van der Waals surface area contributed by atoms with Gasteiger partial charge in [0.2, 0.25) is 0 Å². The van der Waals surface area contributed by atoms with Crippen molar-refractivity contribution < 1.29 is 16.0 Å². The second-order valence-electron chi connectivity index (χ2n) is 0.429. The van der Waals surface area contributed by atoms with Gasteiger partial charge in [0.25, 0.3) is 0 Å². The van der Waals surface area contributed by atoms with Crippen LogP contribution in [-0.4, -0.2) is 28.1 Å². The predicted octanol–water partition coefficient (Wildman–Crippen LogP) is 1.75. The Balaban J connectivity index is -0.0000000267. The van der Waals surface area contributed by atoms with Crippen LogP contribution in [0.4, 0.5) is 13.2 Å². The molecule has 0 bridgehead atoms. The fraction of sp³-hybridized carbons (Fsp3) is 1.00. The maximum atomic E-state index is 10.3. The molecular weight excluding hydrogens is 173 g/mol. The van der Waals surface area contributed by atoms with Gasteiger partial charge in [-0.2, -0.15) is 13.2 Å². The second kappa shape index (κ2) is 3.09. The van der Waals surface area contributed by atoms with E-state index >= 15 is 0 Å². The van der Waals surface area contributed by atoms with Crippen LogP contribution in [0.3, 0.4) is 0 Å². The Morgan fingerprint density at radius 2 is 1.33 bits per heavy atom. The molecule has 0 aromatic carbocycles. The van der Waals surface area contributed by atoms with E-state index in [0.717, 1.165) is 0 Å². The van der Waals surface area contributed by atoms with Gasteiger partial charge in [0.05, 0.1) is 0 Å². The monoisotopic (exact) mass is 174 g/mol. The minimum Gasteiger partial charge on any atom is -1.00 e. The molecule has 0 nitrogen and oxygen atoms in total.